The molecule has 42 heavy (non-hydrogen) atoms. The number of ether oxygens (including phenoxy) is 2. The predicted octanol–water partition coefficient (Wildman–Crippen LogP) is 8.29. The number of methoxy groups -OCH3 is 2. The number of aromatic nitrogens is 2. The van der Waals surface area contributed by atoms with Crippen LogP contribution >= 0.6 is 11.8 Å². The Hall–Kier alpha value is -3.71. The third-order valence-corrected chi connectivity index (χ3v) is 8.29. The Labute approximate surface area is 254 Å². The average molecular weight is 586 g/mol. The van der Waals surface area contributed by atoms with Crippen LogP contribution in [0, 0.1) is 0 Å². The third-order valence-electron chi connectivity index (χ3n) is 7.23. The van der Waals surface area contributed by atoms with Crippen LogP contribution < -0.4 is 14.8 Å². The number of thioether (sulfide) groups is 1. The van der Waals surface area contributed by atoms with Crippen molar-refractivity contribution in [1.29, 1.82) is 0 Å². The number of amides is 1. The monoisotopic (exact) mass is 585 g/mol. The summed E-state index contributed by atoms with van der Waals surface area (Å²) in [7, 11) is 3.36. The van der Waals surface area contributed by atoms with Gasteiger partial charge in [0.15, 0.2) is 5.16 Å². The van der Waals surface area contributed by atoms with Crippen molar-refractivity contribution in [2.75, 3.05) is 26.5 Å². The van der Waals surface area contributed by atoms with Crippen molar-refractivity contribution in [2.24, 2.45) is 0 Å². The van der Waals surface area contributed by atoms with Crippen LogP contribution in [0.5, 0.6) is 11.5 Å². The van der Waals surface area contributed by atoms with Crippen molar-refractivity contribution in [3.05, 3.63) is 83.9 Å². The molecule has 7 heteroatoms. The highest BCUT2D eigenvalue weighted by Gasteiger charge is 2.20. The molecule has 0 aliphatic heterocycles. The molecule has 0 fully saturated rings. The number of hydrogen-bond acceptors (Lipinski definition) is 5. The summed E-state index contributed by atoms with van der Waals surface area (Å²) in [6.45, 7) is 5.88. The van der Waals surface area contributed by atoms with Gasteiger partial charge in [-0.1, -0.05) is 50.6 Å². The maximum Gasteiger partial charge on any atom is 0.251 e. The molecule has 1 aromatic heterocycles. The minimum absolute atomic E-state index is 0.0174. The molecule has 222 valence electrons. The van der Waals surface area contributed by atoms with E-state index >= 15 is 0 Å². The highest BCUT2D eigenvalue weighted by molar-refractivity contribution is 7.99. The van der Waals surface area contributed by atoms with Crippen molar-refractivity contribution >= 4 is 17.7 Å². The minimum atomic E-state index is -0.0174. The molecule has 4 rings (SSSR count). The Balaban J connectivity index is 1.44. The van der Waals surface area contributed by atoms with Gasteiger partial charge in [-0.15, -0.1) is 0 Å². The van der Waals surface area contributed by atoms with Crippen molar-refractivity contribution < 1.29 is 14.3 Å². The topological polar surface area (TPSA) is 65.4 Å². The fourth-order valence-corrected chi connectivity index (χ4v) is 5.87. The minimum Gasteiger partial charge on any atom is -0.497 e. The largest absolute Gasteiger partial charge is 0.497 e. The molecule has 0 saturated carbocycles. The van der Waals surface area contributed by atoms with E-state index in [0.717, 1.165) is 70.7 Å². The summed E-state index contributed by atoms with van der Waals surface area (Å²) < 4.78 is 13.1. The molecule has 0 atom stereocenters. The number of aryl methyl sites for hydroxylation is 1. The van der Waals surface area contributed by atoms with E-state index in [2.05, 4.69) is 60.1 Å². The molecule has 0 bridgehead atoms. The number of benzene rings is 3. The van der Waals surface area contributed by atoms with Crippen LogP contribution in [0.15, 0.2) is 78.0 Å². The van der Waals surface area contributed by atoms with Crippen LogP contribution in [0.2, 0.25) is 0 Å². The molecule has 1 N–H and O–H groups in total. The first-order valence-corrected chi connectivity index (χ1v) is 16.0. The van der Waals surface area contributed by atoms with Gasteiger partial charge in [-0.05, 0) is 91.9 Å². The zero-order valence-corrected chi connectivity index (χ0v) is 26.1. The summed E-state index contributed by atoms with van der Waals surface area (Å²) >= 11 is 1.74. The summed E-state index contributed by atoms with van der Waals surface area (Å²) in [5.41, 5.74) is 6.19. The Morgan fingerprint density at radius 2 is 1.45 bits per heavy atom. The van der Waals surface area contributed by atoms with Gasteiger partial charge >= 0.3 is 0 Å². The number of unbranched alkanes of at least 4 members (excludes halogenated alkanes) is 2. The van der Waals surface area contributed by atoms with Gasteiger partial charge in [0.2, 0.25) is 0 Å². The van der Waals surface area contributed by atoms with Crippen molar-refractivity contribution in [3.8, 4) is 34.0 Å². The lowest BCUT2D eigenvalue weighted by Gasteiger charge is -2.13. The SMILES string of the molecule is CCCCCc1ccc(C(=O)NCCCSc2nc(-c3ccc(OC)cc3)c(-c3ccc(OC)cc3)n2CCC)cc1. The zero-order valence-electron chi connectivity index (χ0n) is 25.3. The summed E-state index contributed by atoms with van der Waals surface area (Å²) in [6.07, 6.45) is 6.56. The normalized spacial score (nSPS) is 11.0. The van der Waals surface area contributed by atoms with E-state index in [4.69, 9.17) is 14.5 Å². The molecule has 0 aliphatic carbocycles. The van der Waals surface area contributed by atoms with E-state index in [-0.39, 0.29) is 5.91 Å². The summed E-state index contributed by atoms with van der Waals surface area (Å²) in [5.74, 6) is 2.47. The molecule has 0 aliphatic rings. The Kier molecular flexibility index (Phi) is 11.9. The zero-order chi connectivity index (χ0) is 29.7. The molecular formula is C35H43N3O3S. The molecule has 6 nitrogen and oxygen atoms in total. The van der Waals surface area contributed by atoms with Gasteiger partial charge in [0.25, 0.3) is 5.91 Å². The molecule has 0 radical (unpaired) electrons. The van der Waals surface area contributed by atoms with Crippen molar-refractivity contribution in [2.45, 2.75) is 64.1 Å². The number of nitrogens with zero attached hydrogens (tertiary/aromatic N) is 2. The van der Waals surface area contributed by atoms with Crippen LogP contribution in [0.3, 0.4) is 0 Å². The first-order chi connectivity index (χ1) is 20.6. The second kappa shape index (κ2) is 16.1. The second-order valence-corrected chi connectivity index (χ2v) is 11.4. The maximum atomic E-state index is 12.7. The number of carbonyl (C=O) groups excluding carboxylic acids is 1. The lowest BCUT2D eigenvalue weighted by atomic mass is 10.0. The molecule has 4 aromatic rings. The van der Waals surface area contributed by atoms with Crippen LogP contribution in [0.25, 0.3) is 22.5 Å². The number of rotatable bonds is 16. The van der Waals surface area contributed by atoms with E-state index in [1.165, 1.54) is 24.8 Å². The molecule has 0 unspecified atom stereocenters. The maximum absolute atomic E-state index is 12.7. The highest BCUT2D eigenvalue weighted by atomic mass is 32.2. The molecule has 1 amide bonds. The Bertz CT molecular complexity index is 1400. The number of imidazole rings is 1. The Morgan fingerprint density at radius 1 is 0.810 bits per heavy atom. The summed E-state index contributed by atoms with van der Waals surface area (Å²) in [5, 5.41) is 4.07. The van der Waals surface area contributed by atoms with E-state index in [1.807, 2.05) is 36.4 Å². The second-order valence-electron chi connectivity index (χ2n) is 10.3. The first kappa shape index (κ1) is 31.2. The smallest absolute Gasteiger partial charge is 0.251 e. The van der Waals surface area contributed by atoms with Crippen LogP contribution in [-0.2, 0) is 13.0 Å². The van der Waals surface area contributed by atoms with Gasteiger partial charge in [0.05, 0.1) is 25.6 Å². The van der Waals surface area contributed by atoms with Gasteiger partial charge in [-0.3, -0.25) is 4.79 Å². The predicted molar refractivity (Wildman–Crippen MR) is 174 cm³/mol. The standard InChI is InChI=1S/C35H43N3O3S/c1-5-7-8-10-26-11-13-29(14-12-26)34(39)36-23-9-25-42-35-37-32(27-15-19-30(40-3)20-16-27)33(38(35)24-6-2)28-17-21-31(41-4)22-18-28/h11-22H,5-10,23-25H2,1-4H3,(H,36,39). The van der Waals surface area contributed by atoms with Crippen molar-refractivity contribution in [1.82, 2.24) is 14.9 Å². The fourth-order valence-electron chi connectivity index (χ4n) is 4.91. The number of carbonyl (C=O) groups is 1. The fraction of sp³-hybridized carbons (Fsp3) is 0.371. The summed E-state index contributed by atoms with van der Waals surface area (Å²) in [6, 6.07) is 24.3. The lowest BCUT2D eigenvalue weighted by Crippen LogP contribution is -2.24. The molecule has 3 aromatic carbocycles. The van der Waals surface area contributed by atoms with Gasteiger partial charge in [0, 0.05) is 35.5 Å². The number of nitrogens with one attached hydrogen (secondary N) is 1. The lowest BCUT2D eigenvalue weighted by molar-refractivity contribution is 0.0954. The quantitative estimate of drug-likeness (QED) is 0.106. The molecule has 1 heterocycles. The molecule has 0 saturated heterocycles. The van der Waals surface area contributed by atoms with E-state index in [1.54, 1.807) is 26.0 Å². The van der Waals surface area contributed by atoms with Crippen LogP contribution in [0.4, 0.5) is 0 Å². The summed E-state index contributed by atoms with van der Waals surface area (Å²) in [4.78, 5) is 17.8. The van der Waals surface area contributed by atoms with E-state index in [9.17, 15) is 4.79 Å². The number of hydrogen-bond donors (Lipinski definition) is 1. The van der Waals surface area contributed by atoms with Gasteiger partial charge in [-0.2, -0.15) is 0 Å². The van der Waals surface area contributed by atoms with Gasteiger partial charge in [-0.25, -0.2) is 4.98 Å². The van der Waals surface area contributed by atoms with E-state index < -0.39 is 0 Å². The van der Waals surface area contributed by atoms with Crippen LogP contribution in [0.1, 0.15) is 61.9 Å². The first-order valence-electron chi connectivity index (χ1n) is 15.0. The highest BCUT2D eigenvalue weighted by Crippen LogP contribution is 2.37. The van der Waals surface area contributed by atoms with Gasteiger partial charge in [0.1, 0.15) is 11.5 Å². The van der Waals surface area contributed by atoms with Gasteiger partial charge < -0.3 is 19.4 Å². The average Bonchev–Trinajstić information content (AvgIpc) is 3.39. The van der Waals surface area contributed by atoms with Crippen molar-refractivity contribution in [3.63, 3.8) is 0 Å². The Morgan fingerprint density at radius 3 is 2.05 bits per heavy atom. The molecule has 0 spiro atoms. The molecular weight excluding hydrogens is 542 g/mol. The van der Waals surface area contributed by atoms with E-state index in [0.29, 0.717) is 12.1 Å². The van der Waals surface area contributed by atoms with Crippen LogP contribution in [-0.4, -0.2) is 42.0 Å². The third kappa shape index (κ3) is 8.19.